The molecule has 11 heavy (non-hydrogen) atoms. The van der Waals surface area contributed by atoms with Crippen LogP contribution in [-0.4, -0.2) is 31.7 Å². The van der Waals surface area contributed by atoms with Gasteiger partial charge in [-0.1, -0.05) is 6.08 Å². The molecule has 3 nitrogen and oxygen atoms in total. The van der Waals surface area contributed by atoms with E-state index in [0.717, 1.165) is 6.42 Å². The lowest BCUT2D eigenvalue weighted by Gasteiger charge is -2.33. The molecule has 1 aliphatic heterocycles. The van der Waals surface area contributed by atoms with E-state index >= 15 is 0 Å². The molecule has 0 aromatic rings. The molecule has 1 fully saturated rings. The van der Waals surface area contributed by atoms with Crippen molar-refractivity contribution in [1.29, 1.82) is 0 Å². The summed E-state index contributed by atoms with van der Waals surface area (Å²) in [5, 5.41) is 9.06. The number of ether oxygens (including phenoxy) is 2. The van der Waals surface area contributed by atoms with Crippen LogP contribution in [0.5, 0.6) is 0 Å². The molecule has 0 bridgehead atoms. The SMILES string of the molecule is C=CCC1(CO)COCOC1. The first-order valence-corrected chi connectivity index (χ1v) is 3.70. The summed E-state index contributed by atoms with van der Waals surface area (Å²) in [6.07, 6.45) is 2.53. The summed E-state index contributed by atoms with van der Waals surface area (Å²) in [5.74, 6) is 0. The third kappa shape index (κ3) is 2.02. The molecular weight excluding hydrogens is 144 g/mol. The van der Waals surface area contributed by atoms with Gasteiger partial charge in [-0.15, -0.1) is 6.58 Å². The summed E-state index contributed by atoms with van der Waals surface area (Å²) in [7, 11) is 0. The van der Waals surface area contributed by atoms with Crippen molar-refractivity contribution >= 4 is 0 Å². The molecule has 0 radical (unpaired) electrons. The first kappa shape index (κ1) is 8.71. The third-order valence-electron chi connectivity index (χ3n) is 1.90. The lowest BCUT2D eigenvalue weighted by Crippen LogP contribution is -2.40. The first-order chi connectivity index (χ1) is 5.33. The van der Waals surface area contributed by atoms with Crippen molar-refractivity contribution < 1.29 is 14.6 Å². The Morgan fingerprint density at radius 2 is 2.09 bits per heavy atom. The van der Waals surface area contributed by atoms with Crippen LogP contribution in [0.2, 0.25) is 0 Å². The largest absolute Gasteiger partial charge is 0.396 e. The quantitative estimate of drug-likeness (QED) is 0.609. The van der Waals surface area contributed by atoms with Crippen LogP contribution in [0.15, 0.2) is 12.7 Å². The number of hydrogen-bond acceptors (Lipinski definition) is 3. The van der Waals surface area contributed by atoms with E-state index in [4.69, 9.17) is 14.6 Å². The monoisotopic (exact) mass is 158 g/mol. The molecule has 0 aliphatic carbocycles. The molecule has 0 atom stereocenters. The second kappa shape index (κ2) is 3.85. The Hall–Kier alpha value is -0.380. The van der Waals surface area contributed by atoms with Crippen LogP contribution in [0.4, 0.5) is 0 Å². The minimum Gasteiger partial charge on any atom is -0.396 e. The number of rotatable bonds is 3. The molecule has 0 aromatic carbocycles. The summed E-state index contributed by atoms with van der Waals surface area (Å²) >= 11 is 0. The number of hydrogen-bond donors (Lipinski definition) is 1. The highest BCUT2D eigenvalue weighted by Gasteiger charge is 2.31. The van der Waals surface area contributed by atoms with Crippen molar-refractivity contribution in [1.82, 2.24) is 0 Å². The summed E-state index contributed by atoms with van der Waals surface area (Å²) in [4.78, 5) is 0. The van der Waals surface area contributed by atoms with Gasteiger partial charge in [0, 0.05) is 5.41 Å². The van der Waals surface area contributed by atoms with E-state index in [2.05, 4.69) is 6.58 Å². The van der Waals surface area contributed by atoms with Gasteiger partial charge in [0.2, 0.25) is 0 Å². The van der Waals surface area contributed by atoms with Gasteiger partial charge in [-0.05, 0) is 6.42 Å². The molecule has 0 spiro atoms. The van der Waals surface area contributed by atoms with Gasteiger partial charge in [0.05, 0.1) is 19.8 Å². The van der Waals surface area contributed by atoms with E-state index in [-0.39, 0.29) is 12.0 Å². The highest BCUT2D eigenvalue weighted by molar-refractivity contribution is 4.87. The molecule has 0 aromatic heterocycles. The molecule has 64 valence electrons. The molecule has 1 saturated heterocycles. The maximum Gasteiger partial charge on any atom is 0.146 e. The minimum absolute atomic E-state index is 0.0962. The summed E-state index contributed by atoms with van der Waals surface area (Å²) in [5.41, 5.74) is -0.236. The average Bonchev–Trinajstić information content (AvgIpc) is 2.07. The van der Waals surface area contributed by atoms with Crippen molar-refractivity contribution in [2.45, 2.75) is 6.42 Å². The smallest absolute Gasteiger partial charge is 0.146 e. The fourth-order valence-electron chi connectivity index (χ4n) is 1.20. The third-order valence-corrected chi connectivity index (χ3v) is 1.90. The van der Waals surface area contributed by atoms with Gasteiger partial charge in [0.25, 0.3) is 0 Å². The highest BCUT2D eigenvalue weighted by Crippen LogP contribution is 2.25. The van der Waals surface area contributed by atoms with Gasteiger partial charge in [-0.2, -0.15) is 0 Å². The number of aliphatic hydroxyl groups is 1. The second-order valence-electron chi connectivity index (χ2n) is 2.97. The van der Waals surface area contributed by atoms with E-state index in [1.54, 1.807) is 6.08 Å². The van der Waals surface area contributed by atoms with Crippen molar-refractivity contribution in [2.24, 2.45) is 5.41 Å². The van der Waals surface area contributed by atoms with Gasteiger partial charge in [-0.25, -0.2) is 0 Å². The van der Waals surface area contributed by atoms with Gasteiger partial charge >= 0.3 is 0 Å². The Morgan fingerprint density at radius 1 is 1.45 bits per heavy atom. The zero-order chi connectivity index (χ0) is 8.16. The average molecular weight is 158 g/mol. The van der Waals surface area contributed by atoms with E-state index < -0.39 is 0 Å². The van der Waals surface area contributed by atoms with Crippen molar-refractivity contribution in [3.8, 4) is 0 Å². The lowest BCUT2D eigenvalue weighted by molar-refractivity contribution is -0.174. The normalized spacial score (nSPS) is 23.0. The van der Waals surface area contributed by atoms with Crippen LogP contribution in [0.1, 0.15) is 6.42 Å². The molecule has 1 rings (SSSR count). The number of allylic oxidation sites excluding steroid dienone is 1. The molecule has 3 heteroatoms. The second-order valence-corrected chi connectivity index (χ2v) is 2.97. The zero-order valence-electron chi connectivity index (χ0n) is 6.58. The molecule has 0 amide bonds. The van der Waals surface area contributed by atoms with Crippen LogP contribution >= 0.6 is 0 Å². The van der Waals surface area contributed by atoms with E-state index in [0.29, 0.717) is 20.0 Å². The Morgan fingerprint density at radius 3 is 2.55 bits per heavy atom. The lowest BCUT2D eigenvalue weighted by atomic mass is 9.87. The predicted octanol–water partition coefficient (Wildman–Crippen LogP) is 0.546. The molecule has 0 unspecified atom stereocenters. The number of aliphatic hydroxyl groups excluding tert-OH is 1. The molecule has 1 aliphatic rings. The Kier molecular flexibility index (Phi) is 3.05. The van der Waals surface area contributed by atoms with Crippen molar-refractivity contribution in [3.63, 3.8) is 0 Å². The summed E-state index contributed by atoms with van der Waals surface area (Å²) < 4.78 is 10.2. The van der Waals surface area contributed by atoms with E-state index in [9.17, 15) is 0 Å². The van der Waals surface area contributed by atoms with E-state index in [1.807, 2.05) is 0 Å². The van der Waals surface area contributed by atoms with Crippen LogP contribution < -0.4 is 0 Å². The van der Waals surface area contributed by atoms with Gasteiger partial charge < -0.3 is 14.6 Å². The van der Waals surface area contributed by atoms with Crippen LogP contribution in [0.3, 0.4) is 0 Å². The Labute approximate surface area is 66.6 Å². The van der Waals surface area contributed by atoms with Crippen LogP contribution in [-0.2, 0) is 9.47 Å². The fraction of sp³-hybridized carbons (Fsp3) is 0.750. The highest BCUT2D eigenvalue weighted by atomic mass is 16.7. The maximum atomic E-state index is 9.06. The molecule has 1 N–H and O–H groups in total. The molecule has 1 heterocycles. The minimum atomic E-state index is -0.236. The molecular formula is C8H14O3. The van der Waals surface area contributed by atoms with Gasteiger partial charge in [0.1, 0.15) is 6.79 Å². The Bertz CT molecular complexity index is 127. The Balaban J connectivity index is 2.49. The van der Waals surface area contributed by atoms with Crippen molar-refractivity contribution in [3.05, 3.63) is 12.7 Å². The molecule has 0 saturated carbocycles. The van der Waals surface area contributed by atoms with Crippen molar-refractivity contribution in [2.75, 3.05) is 26.6 Å². The fourth-order valence-corrected chi connectivity index (χ4v) is 1.20. The predicted molar refractivity (Wildman–Crippen MR) is 41.1 cm³/mol. The zero-order valence-corrected chi connectivity index (χ0v) is 6.58. The maximum absolute atomic E-state index is 9.06. The standard InChI is InChI=1S/C8H14O3/c1-2-3-8(4-9)5-10-7-11-6-8/h2,9H,1,3-7H2. The van der Waals surface area contributed by atoms with Gasteiger partial charge in [-0.3, -0.25) is 0 Å². The van der Waals surface area contributed by atoms with Gasteiger partial charge in [0.15, 0.2) is 0 Å². The topological polar surface area (TPSA) is 38.7 Å². The van der Waals surface area contributed by atoms with Crippen LogP contribution in [0, 0.1) is 5.41 Å². The first-order valence-electron chi connectivity index (χ1n) is 3.70. The van der Waals surface area contributed by atoms with Crippen LogP contribution in [0.25, 0.3) is 0 Å². The summed E-state index contributed by atoms with van der Waals surface area (Å²) in [6.45, 7) is 5.20. The van der Waals surface area contributed by atoms with E-state index in [1.165, 1.54) is 0 Å². The summed E-state index contributed by atoms with van der Waals surface area (Å²) in [6, 6.07) is 0.